The highest BCUT2D eigenvalue weighted by Gasteiger charge is 2.16. The molecule has 0 aliphatic rings. The number of nitrogens with one attached hydrogen (secondary N) is 1. The molecule has 0 saturated carbocycles. The minimum atomic E-state index is -0.0745. The number of hydrogen-bond donors (Lipinski definition) is 3. The number of anilines is 1. The van der Waals surface area contributed by atoms with Crippen molar-refractivity contribution in [2.45, 2.75) is 13.3 Å². The van der Waals surface area contributed by atoms with Gasteiger partial charge >= 0.3 is 0 Å². The Bertz CT molecular complexity index is 369. The fourth-order valence-corrected chi connectivity index (χ4v) is 1.63. The Kier molecular flexibility index (Phi) is 5.45. The van der Waals surface area contributed by atoms with Crippen LogP contribution in [-0.2, 0) is 0 Å². The maximum atomic E-state index is 12.2. The van der Waals surface area contributed by atoms with Gasteiger partial charge in [0.15, 0.2) is 0 Å². The van der Waals surface area contributed by atoms with Crippen molar-refractivity contribution in [2.24, 2.45) is 5.84 Å². The summed E-state index contributed by atoms with van der Waals surface area (Å²) in [6, 6.07) is 7.11. The molecule has 0 radical (unpaired) electrons. The van der Waals surface area contributed by atoms with Crippen LogP contribution in [0, 0.1) is 0 Å². The van der Waals surface area contributed by atoms with E-state index >= 15 is 0 Å². The third kappa shape index (κ3) is 3.44. The predicted molar refractivity (Wildman–Crippen MR) is 67.5 cm³/mol. The number of benzene rings is 1. The van der Waals surface area contributed by atoms with Gasteiger partial charge in [-0.1, -0.05) is 12.1 Å². The molecule has 1 amide bonds. The highest BCUT2D eigenvalue weighted by molar-refractivity contribution is 5.99. The second kappa shape index (κ2) is 6.88. The number of carbonyl (C=O) groups is 1. The molecule has 0 spiro atoms. The molecule has 0 heterocycles. The summed E-state index contributed by atoms with van der Waals surface area (Å²) in [5, 5.41) is 8.79. The fraction of sp³-hybridized carbons (Fsp3) is 0.417. The number of aliphatic hydroxyl groups is 1. The fourth-order valence-electron chi connectivity index (χ4n) is 1.63. The molecule has 94 valence electrons. The van der Waals surface area contributed by atoms with Crippen LogP contribution in [0.25, 0.3) is 0 Å². The number of rotatable bonds is 6. The van der Waals surface area contributed by atoms with Gasteiger partial charge in [-0.2, -0.15) is 0 Å². The van der Waals surface area contributed by atoms with E-state index in [1.807, 2.05) is 13.0 Å². The molecule has 0 saturated heterocycles. The zero-order chi connectivity index (χ0) is 12.7. The van der Waals surface area contributed by atoms with E-state index in [4.69, 9.17) is 10.9 Å². The summed E-state index contributed by atoms with van der Waals surface area (Å²) in [5.74, 6) is 5.29. The molecule has 0 unspecified atom stereocenters. The lowest BCUT2D eigenvalue weighted by atomic mass is 10.1. The van der Waals surface area contributed by atoms with E-state index in [0.717, 1.165) is 0 Å². The van der Waals surface area contributed by atoms with Crippen molar-refractivity contribution in [2.75, 3.05) is 25.1 Å². The largest absolute Gasteiger partial charge is 0.396 e. The number of amides is 1. The molecule has 0 atom stereocenters. The minimum absolute atomic E-state index is 0.0745. The van der Waals surface area contributed by atoms with Gasteiger partial charge in [-0.3, -0.25) is 10.6 Å². The van der Waals surface area contributed by atoms with E-state index in [1.165, 1.54) is 0 Å². The number of nitrogens with two attached hydrogens (primary N) is 1. The monoisotopic (exact) mass is 237 g/mol. The van der Waals surface area contributed by atoms with Crippen LogP contribution in [0.4, 0.5) is 5.69 Å². The number of hydrogen-bond acceptors (Lipinski definition) is 4. The van der Waals surface area contributed by atoms with E-state index in [1.54, 1.807) is 23.1 Å². The number of hydrazine groups is 1. The zero-order valence-electron chi connectivity index (χ0n) is 10.0. The van der Waals surface area contributed by atoms with Crippen molar-refractivity contribution in [1.29, 1.82) is 0 Å². The number of carbonyl (C=O) groups excluding carboxylic acids is 1. The predicted octanol–water partition coefficient (Wildman–Crippen LogP) is 0.817. The van der Waals surface area contributed by atoms with Gasteiger partial charge in [0.2, 0.25) is 0 Å². The molecule has 5 nitrogen and oxygen atoms in total. The Labute approximate surface area is 101 Å². The van der Waals surface area contributed by atoms with E-state index in [9.17, 15) is 4.79 Å². The van der Waals surface area contributed by atoms with Gasteiger partial charge in [0.1, 0.15) is 0 Å². The Morgan fingerprint density at radius 1 is 1.47 bits per heavy atom. The van der Waals surface area contributed by atoms with Crippen molar-refractivity contribution >= 4 is 11.6 Å². The van der Waals surface area contributed by atoms with Gasteiger partial charge in [0.25, 0.3) is 5.91 Å². The molecule has 1 aromatic rings. The van der Waals surface area contributed by atoms with Crippen molar-refractivity contribution in [3.63, 3.8) is 0 Å². The number of nitrogen functional groups attached to an aromatic ring is 1. The summed E-state index contributed by atoms with van der Waals surface area (Å²) >= 11 is 0. The Balaban J connectivity index is 2.85. The Hall–Kier alpha value is -1.59. The summed E-state index contributed by atoms with van der Waals surface area (Å²) in [6.45, 7) is 3.15. The van der Waals surface area contributed by atoms with E-state index in [-0.39, 0.29) is 12.5 Å². The van der Waals surface area contributed by atoms with Gasteiger partial charge in [-0.25, -0.2) is 0 Å². The van der Waals surface area contributed by atoms with Gasteiger partial charge in [0.05, 0.1) is 11.3 Å². The third-order valence-electron chi connectivity index (χ3n) is 2.57. The van der Waals surface area contributed by atoms with Gasteiger partial charge in [0, 0.05) is 19.7 Å². The molecule has 4 N–H and O–H groups in total. The lowest BCUT2D eigenvalue weighted by Crippen LogP contribution is -2.33. The molecule has 5 heteroatoms. The van der Waals surface area contributed by atoms with Crippen LogP contribution in [0.2, 0.25) is 0 Å². The maximum absolute atomic E-state index is 12.2. The first-order valence-corrected chi connectivity index (χ1v) is 5.70. The normalized spacial score (nSPS) is 10.1. The molecular weight excluding hydrogens is 218 g/mol. The first-order valence-electron chi connectivity index (χ1n) is 5.70. The summed E-state index contributed by atoms with van der Waals surface area (Å²) in [5.41, 5.74) is 3.68. The number of aliphatic hydroxyl groups excluding tert-OH is 1. The highest BCUT2D eigenvalue weighted by Crippen LogP contribution is 2.16. The molecule has 1 rings (SSSR count). The molecule has 0 aromatic heterocycles. The molecular formula is C12H19N3O2. The SMILES string of the molecule is CCN(CCCO)C(=O)c1ccccc1NN. The van der Waals surface area contributed by atoms with Gasteiger partial charge < -0.3 is 15.4 Å². The maximum Gasteiger partial charge on any atom is 0.255 e. The molecule has 17 heavy (non-hydrogen) atoms. The average molecular weight is 237 g/mol. The Morgan fingerprint density at radius 3 is 2.76 bits per heavy atom. The number of para-hydroxylation sites is 1. The second-order valence-corrected chi connectivity index (χ2v) is 3.65. The van der Waals surface area contributed by atoms with Gasteiger partial charge in [-0.05, 0) is 25.5 Å². The standard InChI is InChI=1S/C12H19N3O2/c1-2-15(8-5-9-16)12(17)10-6-3-4-7-11(10)14-13/h3-4,6-7,14,16H,2,5,8-9,13H2,1H3. The summed E-state index contributed by atoms with van der Waals surface area (Å²) in [4.78, 5) is 13.9. The van der Waals surface area contributed by atoms with Crippen molar-refractivity contribution in [1.82, 2.24) is 4.90 Å². The smallest absolute Gasteiger partial charge is 0.255 e. The van der Waals surface area contributed by atoms with Gasteiger partial charge in [-0.15, -0.1) is 0 Å². The number of nitrogens with zero attached hydrogens (tertiary/aromatic N) is 1. The van der Waals surface area contributed by atoms with E-state index in [2.05, 4.69) is 5.43 Å². The van der Waals surface area contributed by atoms with Crippen molar-refractivity contribution in [3.8, 4) is 0 Å². The molecule has 0 fully saturated rings. The first kappa shape index (κ1) is 13.5. The second-order valence-electron chi connectivity index (χ2n) is 3.65. The lowest BCUT2D eigenvalue weighted by molar-refractivity contribution is 0.0755. The van der Waals surface area contributed by atoms with E-state index < -0.39 is 0 Å². The van der Waals surface area contributed by atoms with Crippen LogP contribution < -0.4 is 11.3 Å². The average Bonchev–Trinajstić information content (AvgIpc) is 2.39. The van der Waals surface area contributed by atoms with Crippen LogP contribution in [0.15, 0.2) is 24.3 Å². The van der Waals surface area contributed by atoms with Crippen LogP contribution >= 0.6 is 0 Å². The van der Waals surface area contributed by atoms with Crippen molar-refractivity contribution in [3.05, 3.63) is 29.8 Å². The van der Waals surface area contributed by atoms with Crippen molar-refractivity contribution < 1.29 is 9.90 Å². The molecule has 1 aromatic carbocycles. The van der Waals surface area contributed by atoms with Crippen LogP contribution in [0.1, 0.15) is 23.7 Å². The Morgan fingerprint density at radius 2 is 2.18 bits per heavy atom. The third-order valence-corrected chi connectivity index (χ3v) is 2.57. The first-order chi connectivity index (χ1) is 8.24. The lowest BCUT2D eigenvalue weighted by Gasteiger charge is -2.21. The summed E-state index contributed by atoms with van der Waals surface area (Å²) in [7, 11) is 0. The molecule has 0 aliphatic carbocycles. The molecule has 0 bridgehead atoms. The quantitative estimate of drug-likeness (QED) is 0.505. The van der Waals surface area contributed by atoms with Crippen LogP contribution in [0.5, 0.6) is 0 Å². The molecule has 0 aliphatic heterocycles. The van der Waals surface area contributed by atoms with Crippen LogP contribution in [0.3, 0.4) is 0 Å². The summed E-state index contributed by atoms with van der Waals surface area (Å²) in [6.07, 6.45) is 0.581. The zero-order valence-corrected chi connectivity index (χ0v) is 10.0. The van der Waals surface area contributed by atoms with Crippen LogP contribution in [-0.4, -0.2) is 35.6 Å². The topological polar surface area (TPSA) is 78.6 Å². The van der Waals surface area contributed by atoms with E-state index in [0.29, 0.717) is 30.8 Å². The minimum Gasteiger partial charge on any atom is -0.396 e. The summed E-state index contributed by atoms with van der Waals surface area (Å²) < 4.78 is 0. The highest BCUT2D eigenvalue weighted by atomic mass is 16.3.